The molecule has 41 heavy (non-hydrogen) atoms. The predicted molar refractivity (Wildman–Crippen MR) is 154 cm³/mol. The summed E-state index contributed by atoms with van der Waals surface area (Å²) in [5.74, 6) is -2.81. The van der Waals surface area contributed by atoms with E-state index in [2.05, 4.69) is 22.5 Å². The third-order valence-corrected chi connectivity index (χ3v) is 7.93. The number of ketones is 1. The highest BCUT2D eigenvalue weighted by Crippen LogP contribution is 2.30. The second-order valence-electron chi connectivity index (χ2n) is 12.6. The van der Waals surface area contributed by atoms with Gasteiger partial charge in [0.2, 0.25) is 23.5 Å². The number of likely N-dealkylation sites (tertiary alicyclic amines) is 1. The lowest BCUT2D eigenvalue weighted by atomic mass is 9.85. The highest BCUT2D eigenvalue weighted by molar-refractivity contribution is 6.37. The number of nitrogens with one attached hydrogen (secondary N) is 3. The van der Waals surface area contributed by atoms with Crippen LogP contribution in [0.2, 0.25) is 0 Å². The first kappa shape index (κ1) is 33.8. The Bertz CT molecular complexity index is 1000. The van der Waals surface area contributed by atoms with E-state index in [-0.39, 0.29) is 24.9 Å². The second kappa shape index (κ2) is 15.0. The summed E-state index contributed by atoms with van der Waals surface area (Å²) in [6.07, 6.45) is 7.32. The number of hydrogen-bond acceptors (Lipinski definition) is 6. The number of hydrogen-bond donors (Lipinski definition) is 4. The Morgan fingerprint density at radius 3 is 2.29 bits per heavy atom. The number of carbonyl (C=O) groups excluding carboxylic acids is 6. The van der Waals surface area contributed by atoms with Crippen LogP contribution in [-0.4, -0.2) is 90.1 Å². The quantitative estimate of drug-likeness (QED) is 0.189. The first-order valence-corrected chi connectivity index (χ1v) is 14.5. The third-order valence-electron chi connectivity index (χ3n) is 7.93. The summed E-state index contributed by atoms with van der Waals surface area (Å²) in [7, 11) is 1.58. The van der Waals surface area contributed by atoms with Gasteiger partial charge in [-0.25, -0.2) is 4.79 Å². The molecule has 6 amide bonds. The maximum Gasteiger partial charge on any atom is 0.315 e. The number of Topliss-reactive ketones (excluding diaryl/α,β-unsaturated/α-hetero) is 1. The Morgan fingerprint density at radius 1 is 1.10 bits per heavy atom. The van der Waals surface area contributed by atoms with Gasteiger partial charge in [0, 0.05) is 20.1 Å². The van der Waals surface area contributed by atoms with Gasteiger partial charge in [-0.3, -0.25) is 24.0 Å². The molecule has 1 saturated heterocycles. The van der Waals surface area contributed by atoms with Gasteiger partial charge in [-0.1, -0.05) is 59.5 Å². The fourth-order valence-electron chi connectivity index (χ4n) is 5.53. The summed E-state index contributed by atoms with van der Waals surface area (Å²) in [6, 6.07) is -3.62. The molecule has 2 fully saturated rings. The molecule has 12 heteroatoms. The van der Waals surface area contributed by atoms with Crippen molar-refractivity contribution in [1.82, 2.24) is 25.8 Å². The van der Waals surface area contributed by atoms with Crippen molar-refractivity contribution in [2.45, 2.75) is 90.8 Å². The van der Waals surface area contributed by atoms with E-state index in [4.69, 9.17) is 5.73 Å². The van der Waals surface area contributed by atoms with Gasteiger partial charge >= 0.3 is 6.03 Å². The molecule has 2 rings (SSSR count). The number of nitrogens with zero attached hydrogens (tertiary/aromatic N) is 2. The lowest BCUT2D eigenvalue weighted by molar-refractivity contribution is -0.143. The number of urea groups is 1. The van der Waals surface area contributed by atoms with Gasteiger partial charge in [0.25, 0.3) is 5.91 Å². The molecule has 0 spiro atoms. The van der Waals surface area contributed by atoms with Crippen LogP contribution in [0.4, 0.5) is 4.79 Å². The molecule has 12 nitrogen and oxygen atoms in total. The Labute approximate surface area is 243 Å². The second-order valence-corrected chi connectivity index (χ2v) is 12.6. The fraction of sp³-hybridized carbons (Fsp3) is 0.724. The van der Waals surface area contributed by atoms with Crippen molar-refractivity contribution in [3.8, 4) is 0 Å². The van der Waals surface area contributed by atoms with E-state index in [1.165, 1.54) is 9.80 Å². The fourth-order valence-corrected chi connectivity index (χ4v) is 5.53. The van der Waals surface area contributed by atoms with Crippen molar-refractivity contribution in [1.29, 1.82) is 0 Å². The Kier molecular flexibility index (Phi) is 12.3. The van der Waals surface area contributed by atoms with Gasteiger partial charge in [0.1, 0.15) is 12.1 Å². The highest BCUT2D eigenvalue weighted by Gasteiger charge is 2.44. The van der Waals surface area contributed by atoms with E-state index in [0.29, 0.717) is 31.7 Å². The summed E-state index contributed by atoms with van der Waals surface area (Å²) < 4.78 is 0. The minimum atomic E-state index is -1.10. The average Bonchev–Trinajstić information content (AvgIpc) is 3.56. The maximum absolute atomic E-state index is 13.8. The number of amides is 6. The summed E-state index contributed by atoms with van der Waals surface area (Å²) in [6.45, 7) is 11.2. The lowest BCUT2D eigenvalue weighted by Crippen LogP contribution is -2.60. The number of carbonyl (C=O) groups is 6. The van der Waals surface area contributed by atoms with Crippen LogP contribution in [0.15, 0.2) is 12.7 Å². The zero-order valence-electron chi connectivity index (χ0n) is 25.2. The van der Waals surface area contributed by atoms with Crippen molar-refractivity contribution >= 4 is 35.4 Å². The van der Waals surface area contributed by atoms with Crippen molar-refractivity contribution in [3.05, 3.63) is 12.7 Å². The van der Waals surface area contributed by atoms with Gasteiger partial charge in [-0.15, -0.1) is 6.58 Å². The Balaban J connectivity index is 2.14. The first-order valence-electron chi connectivity index (χ1n) is 14.5. The zero-order chi connectivity index (χ0) is 30.9. The molecular weight excluding hydrogens is 528 g/mol. The molecule has 0 bridgehead atoms. The number of likely N-dealkylation sites (N-methyl/N-ethyl adjacent to an activating group) is 1. The van der Waals surface area contributed by atoms with Crippen LogP contribution in [0.1, 0.15) is 72.6 Å². The SMILES string of the molecule is C=CCN(C)C(=O)CNC(=O)NC(C(=O)N1CC(C)CC1C(=O)NC(CCC1CCCC1)C(=O)C(N)=O)C(C)(C)C. The van der Waals surface area contributed by atoms with Crippen LogP contribution in [-0.2, 0) is 24.0 Å². The van der Waals surface area contributed by atoms with E-state index in [1.807, 2.05) is 6.92 Å². The molecule has 5 N–H and O–H groups in total. The molecule has 1 heterocycles. The van der Waals surface area contributed by atoms with Crippen LogP contribution in [0.3, 0.4) is 0 Å². The first-order chi connectivity index (χ1) is 19.1. The van der Waals surface area contributed by atoms with Gasteiger partial charge < -0.3 is 31.5 Å². The van der Waals surface area contributed by atoms with Crippen LogP contribution in [0.25, 0.3) is 0 Å². The highest BCUT2D eigenvalue weighted by atomic mass is 16.2. The molecule has 0 aromatic heterocycles. The molecule has 4 unspecified atom stereocenters. The number of nitrogens with two attached hydrogens (primary N) is 1. The normalized spacial score (nSPS) is 20.6. The van der Waals surface area contributed by atoms with Crippen LogP contribution < -0.4 is 21.7 Å². The zero-order valence-corrected chi connectivity index (χ0v) is 25.2. The molecule has 1 aliphatic carbocycles. The lowest BCUT2D eigenvalue weighted by Gasteiger charge is -2.35. The largest absolute Gasteiger partial charge is 0.363 e. The third kappa shape index (κ3) is 9.86. The summed E-state index contributed by atoms with van der Waals surface area (Å²) in [5.41, 5.74) is 4.55. The van der Waals surface area contributed by atoms with Gasteiger partial charge in [-0.2, -0.15) is 0 Å². The van der Waals surface area contributed by atoms with E-state index >= 15 is 0 Å². The predicted octanol–water partition coefficient (Wildman–Crippen LogP) is 1.09. The summed E-state index contributed by atoms with van der Waals surface area (Å²) in [4.78, 5) is 79.3. The molecule has 0 aromatic carbocycles. The summed E-state index contributed by atoms with van der Waals surface area (Å²) in [5, 5.41) is 7.88. The van der Waals surface area contributed by atoms with E-state index < -0.39 is 53.1 Å². The van der Waals surface area contributed by atoms with Crippen LogP contribution in [0.5, 0.6) is 0 Å². The maximum atomic E-state index is 13.8. The molecule has 230 valence electrons. The average molecular weight is 577 g/mol. The van der Waals surface area contributed by atoms with Gasteiger partial charge in [0.15, 0.2) is 0 Å². The van der Waals surface area contributed by atoms with Crippen molar-refractivity contribution in [3.63, 3.8) is 0 Å². The number of primary amides is 1. The smallest absolute Gasteiger partial charge is 0.315 e. The van der Waals surface area contributed by atoms with Crippen molar-refractivity contribution < 1.29 is 28.8 Å². The van der Waals surface area contributed by atoms with E-state index in [1.54, 1.807) is 33.9 Å². The number of rotatable bonds is 13. The summed E-state index contributed by atoms with van der Waals surface area (Å²) >= 11 is 0. The van der Waals surface area contributed by atoms with Crippen LogP contribution >= 0.6 is 0 Å². The molecule has 2 aliphatic rings. The molecule has 0 aromatic rings. The standard InChI is InChI=1S/C29H48N6O6/c1-7-14-34(6)22(36)16-31-28(41)33-24(29(3,4)5)27(40)35-17-18(2)15-21(35)26(39)32-20(23(37)25(30)38)13-12-19-10-8-9-11-19/h7,18-21,24H,1,8-17H2,2-6H3,(H2,30,38)(H,32,39)(H2,31,33,41). The van der Waals surface area contributed by atoms with Crippen molar-refractivity contribution in [2.75, 3.05) is 26.7 Å². The Morgan fingerprint density at radius 2 is 1.73 bits per heavy atom. The monoisotopic (exact) mass is 576 g/mol. The Hall–Kier alpha value is -3.44. The van der Waals surface area contributed by atoms with Crippen molar-refractivity contribution in [2.24, 2.45) is 23.0 Å². The molecular formula is C29H48N6O6. The molecule has 1 aliphatic heterocycles. The molecule has 0 radical (unpaired) electrons. The van der Waals surface area contributed by atoms with E-state index in [0.717, 1.165) is 25.7 Å². The topological polar surface area (TPSA) is 171 Å². The molecule has 1 saturated carbocycles. The van der Waals surface area contributed by atoms with Gasteiger partial charge in [-0.05, 0) is 36.5 Å². The minimum Gasteiger partial charge on any atom is -0.363 e. The van der Waals surface area contributed by atoms with E-state index in [9.17, 15) is 28.8 Å². The van der Waals surface area contributed by atoms with Gasteiger partial charge in [0.05, 0.1) is 12.6 Å². The van der Waals surface area contributed by atoms with Crippen LogP contribution in [0, 0.1) is 17.3 Å². The minimum absolute atomic E-state index is 0.00838. The molecule has 4 atom stereocenters.